The number of rotatable bonds is 3. The van der Waals surface area contributed by atoms with E-state index in [1.165, 1.54) is 0 Å². The maximum absolute atomic E-state index is 5.94. The minimum atomic E-state index is -0.254. The van der Waals surface area contributed by atoms with Crippen LogP contribution in [0.25, 0.3) is 11.4 Å². The third kappa shape index (κ3) is 2.44. The number of nitrogens with two attached hydrogens (primary N) is 1. The molecule has 0 saturated carbocycles. The van der Waals surface area contributed by atoms with Crippen LogP contribution in [0.2, 0.25) is 5.02 Å². The van der Waals surface area contributed by atoms with E-state index in [0.717, 1.165) is 18.4 Å². The molecule has 0 atom stereocenters. The zero-order valence-electron chi connectivity index (χ0n) is 11.0. The van der Waals surface area contributed by atoms with Crippen molar-refractivity contribution in [3.8, 4) is 11.4 Å². The number of halogens is 1. The molecule has 1 aromatic heterocycles. The fraction of sp³-hybridized carbons (Fsp3) is 0.429. The Hall–Kier alpha value is -1.43. The van der Waals surface area contributed by atoms with Crippen LogP contribution in [0, 0.1) is 0 Å². The summed E-state index contributed by atoms with van der Waals surface area (Å²) < 4.78 is 10.8. The zero-order valence-corrected chi connectivity index (χ0v) is 11.8. The van der Waals surface area contributed by atoms with E-state index in [0.29, 0.717) is 36.5 Å². The van der Waals surface area contributed by atoms with Crippen LogP contribution in [0.3, 0.4) is 0 Å². The molecule has 6 heteroatoms. The molecule has 3 rings (SSSR count). The van der Waals surface area contributed by atoms with Gasteiger partial charge < -0.3 is 15.0 Å². The van der Waals surface area contributed by atoms with Gasteiger partial charge in [0, 0.05) is 30.3 Å². The second-order valence-electron chi connectivity index (χ2n) is 5.03. The topological polar surface area (TPSA) is 74.2 Å². The summed E-state index contributed by atoms with van der Waals surface area (Å²) in [5, 5.41) is 4.74. The van der Waals surface area contributed by atoms with E-state index in [1.54, 1.807) is 12.1 Å². The van der Waals surface area contributed by atoms with Crippen LogP contribution in [-0.2, 0) is 10.2 Å². The summed E-state index contributed by atoms with van der Waals surface area (Å²) in [7, 11) is 0. The normalized spacial score (nSPS) is 18.1. The van der Waals surface area contributed by atoms with Gasteiger partial charge >= 0.3 is 0 Å². The molecule has 1 aliphatic heterocycles. The fourth-order valence-electron chi connectivity index (χ4n) is 2.42. The van der Waals surface area contributed by atoms with Gasteiger partial charge in [0.1, 0.15) is 0 Å². The van der Waals surface area contributed by atoms with Gasteiger partial charge in [0.2, 0.25) is 11.7 Å². The highest BCUT2D eigenvalue weighted by Gasteiger charge is 2.38. The quantitative estimate of drug-likeness (QED) is 0.940. The van der Waals surface area contributed by atoms with Crippen molar-refractivity contribution in [2.75, 3.05) is 19.8 Å². The molecule has 2 aromatic rings. The first-order valence-electron chi connectivity index (χ1n) is 6.61. The summed E-state index contributed by atoms with van der Waals surface area (Å²) in [6, 6.07) is 7.35. The predicted molar refractivity (Wildman–Crippen MR) is 75.5 cm³/mol. The van der Waals surface area contributed by atoms with Gasteiger partial charge in [0.05, 0.1) is 5.41 Å². The minimum Gasteiger partial charge on any atom is -0.381 e. The molecular formula is C14H16ClN3O2. The highest BCUT2D eigenvalue weighted by atomic mass is 35.5. The molecule has 2 heterocycles. The summed E-state index contributed by atoms with van der Waals surface area (Å²) in [4.78, 5) is 4.52. The van der Waals surface area contributed by atoms with Crippen LogP contribution in [0.4, 0.5) is 0 Å². The lowest BCUT2D eigenvalue weighted by Crippen LogP contribution is -2.40. The number of aromatic nitrogens is 2. The van der Waals surface area contributed by atoms with Gasteiger partial charge in [-0.05, 0) is 37.1 Å². The average molecular weight is 294 g/mol. The Bertz CT molecular complexity index is 576. The van der Waals surface area contributed by atoms with E-state index in [-0.39, 0.29) is 5.41 Å². The molecule has 0 aliphatic carbocycles. The van der Waals surface area contributed by atoms with Crippen molar-refractivity contribution >= 4 is 11.6 Å². The van der Waals surface area contributed by atoms with E-state index < -0.39 is 0 Å². The van der Waals surface area contributed by atoms with Gasteiger partial charge in [-0.3, -0.25) is 0 Å². The molecule has 0 bridgehead atoms. The molecular weight excluding hydrogens is 278 g/mol. The van der Waals surface area contributed by atoms with E-state index in [1.807, 2.05) is 12.1 Å². The third-order valence-electron chi connectivity index (χ3n) is 3.82. The molecule has 0 amide bonds. The van der Waals surface area contributed by atoms with Crippen LogP contribution in [0.5, 0.6) is 0 Å². The second-order valence-corrected chi connectivity index (χ2v) is 5.46. The number of hydrogen-bond acceptors (Lipinski definition) is 5. The van der Waals surface area contributed by atoms with Crippen LogP contribution in [-0.4, -0.2) is 29.9 Å². The molecule has 2 N–H and O–H groups in total. The second kappa shape index (κ2) is 5.52. The molecule has 5 nitrogen and oxygen atoms in total. The summed E-state index contributed by atoms with van der Waals surface area (Å²) in [6.07, 6.45) is 1.62. The van der Waals surface area contributed by atoms with Crippen LogP contribution in [0.1, 0.15) is 18.7 Å². The smallest absolute Gasteiger partial charge is 0.234 e. The fourth-order valence-corrected chi connectivity index (χ4v) is 2.55. The molecule has 1 saturated heterocycles. The van der Waals surface area contributed by atoms with Crippen molar-refractivity contribution in [1.82, 2.24) is 10.1 Å². The van der Waals surface area contributed by atoms with Gasteiger partial charge in [-0.1, -0.05) is 16.8 Å². The van der Waals surface area contributed by atoms with Crippen molar-refractivity contribution in [2.24, 2.45) is 5.73 Å². The van der Waals surface area contributed by atoms with Gasteiger partial charge in [-0.15, -0.1) is 0 Å². The molecule has 20 heavy (non-hydrogen) atoms. The minimum absolute atomic E-state index is 0.254. The van der Waals surface area contributed by atoms with Crippen molar-refractivity contribution in [1.29, 1.82) is 0 Å². The van der Waals surface area contributed by atoms with Crippen molar-refractivity contribution < 1.29 is 9.26 Å². The summed E-state index contributed by atoms with van der Waals surface area (Å²) in [6.45, 7) is 1.84. The molecule has 1 aliphatic rings. The Labute approximate surface area is 122 Å². The number of benzene rings is 1. The summed E-state index contributed by atoms with van der Waals surface area (Å²) in [5.41, 5.74) is 6.56. The van der Waals surface area contributed by atoms with Crippen LogP contribution in [0.15, 0.2) is 28.8 Å². The first kappa shape index (κ1) is 13.5. The maximum Gasteiger partial charge on any atom is 0.234 e. The van der Waals surface area contributed by atoms with Crippen molar-refractivity contribution in [3.63, 3.8) is 0 Å². The Balaban J connectivity index is 1.91. The first-order chi connectivity index (χ1) is 9.73. The monoisotopic (exact) mass is 293 g/mol. The van der Waals surface area contributed by atoms with Crippen molar-refractivity contribution in [3.05, 3.63) is 35.2 Å². The van der Waals surface area contributed by atoms with E-state index in [2.05, 4.69) is 10.1 Å². The molecule has 0 radical (unpaired) electrons. The molecule has 1 fully saturated rings. The van der Waals surface area contributed by atoms with Gasteiger partial charge in [-0.25, -0.2) is 0 Å². The maximum atomic E-state index is 5.94. The molecule has 0 spiro atoms. The van der Waals surface area contributed by atoms with Gasteiger partial charge in [0.25, 0.3) is 0 Å². The Morgan fingerprint density at radius 2 is 1.90 bits per heavy atom. The Morgan fingerprint density at radius 3 is 2.55 bits per heavy atom. The van der Waals surface area contributed by atoms with Gasteiger partial charge in [0.15, 0.2) is 0 Å². The lowest BCUT2D eigenvalue weighted by atomic mass is 9.80. The summed E-state index contributed by atoms with van der Waals surface area (Å²) >= 11 is 5.88. The van der Waals surface area contributed by atoms with E-state index in [4.69, 9.17) is 26.6 Å². The number of nitrogens with zero attached hydrogens (tertiary/aromatic N) is 2. The Morgan fingerprint density at radius 1 is 1.20 bits per heavy atom. The Kier molecular flexibility index (Phi) is 3.74. The van der Waals surface area contributed by atoms with Crippen LogP contribution < -0.4 is 5.73 Å². The number of hydrogen-bond donors (Lipinski definition) is 1. The summed E-state index contributed by atoms with van der Waals surface area (Å²) in [5.74, 6) is 1.17. The largest absolute Gasteiger partial charge is 0.381 e. The average Bonchev–Trinajstić information content (AvgIpc) is 2.99. The molecule has 1 aromatic carbocycles. The highest BCUT2D eigenvalue weighted by molar-refractivity contribution is 6.30. The highest BCUT2D eigenvalue weighted by Crippen LogP contribution is 2.33. The predicted octanol–water partition coefficient (Wildman–Crippen LogP) is 2.40. The van der Waals surface area contributed by atoms with Gasteiger partial charge in [-0.2, -0.15) is 4.98 Å². The molecule has 0 unspecified atom stereocenters. The lowest BCUT2D eigenvalue weighted by Gasteiger charge is -2.32. The third-order valence-corrected chi connectivity index (χ3v) is 4.07. The van der Waals surface area contributed by atoms with E-state index >= 15 is 0 Å². The standard InChI is InChI=1S/C14H16ClN3O2/c15-11-3-1-10(2-4-11)12-17-13(20-18-12)14(9-16)5-7-19-8-6-14/h1-4H,5-9,16H2. The van der Waals surface area contributed by atoms with Crippen molar-refractivity contribution in [2.45, 2.75) is 18.3 Å². The SMILES string of the molecule is NCC1(c2nc(-c3ccc(Cl)cc3)no2)CCOCC1. The van der Waals surface area contributed by atoms with E-state index in [9.17, 15) is 0 Å². The van der Waals surface area contributed by atoms with Crippen LogP contribution >= 0.6 is 11.6 Å². The lowest BCUT2D eigenvalue weighted by molar-refractivity contribution is 0.0409. The zero-order chi connectivity index (χ0) is 14.0. The first-order valence-corrected chi connectivity index (χ1v) is 6.99. The number of ether oxygens (including phenoxy) is 1. The molecule has 106 valence electrons.